The molecule has 0 saturated heterocycles. The molecule has 0 radical (unpaired) electrons. The van der Waals surface area contributed by atoms with Gasteiger partial charge in [0.2, 0.25) is 5.78 Å². The van der Waals surface area contributed by atoms with Crippen molar-refractivity contribution in [3.63, 3.8) is 0 Å². The summed E-state index contributed by atoms with van der Waals surface area (Å²) in [6.45, 7) is 0. The second-order valence-electron chi connectivity index (χ2n) is 8.73. The molecule has 0 spiro atoms. The van der Waals surface area contributed by atoms with E-state index < -0.39 is 63.8 Å². The van der Waals surface area contributed by atoms with Gasteiger partial charge in [-0.05, 0) is 44.5 Å². The van der Waals surface area contributed by atoms with Gasteiger partial charge in [-0.25, -0.2) is 0 Å². The summed E-state index contributed by atoms with van der Waals surface area (Å²) >= 11 is 3.39. The maximum atomic E-state index is 13.5. The fourth-order valence-corrected chi connectivity index (χ4v) is 5.97. The number of methoxy groups -OCH3 is 1. The van der Waals surface area contributed by atoms with Crippen molar-refractivity contribution in [2.24, 2.45) is 17.6 Å². The van der Waals surface area contributed by atoms with Crippen molar-refractivity contribution in [1.29, 1.82) is 0 Å². The number of aliphatic hydroxyl groups is 3. The van der Waals surface area contributed by atoms with Gasteiger partial charge in [-0.15, -0.1) is 0 Å². The maximum absolute atomic E-state index is 13.5. The Kier molecular flexibility index (Phi) is 5.34. The number of ketones is 2. The van der Waals surface area contributed by atoms with E-state index in [0.29, 0.717) is 10.0 Å². The number of benzene rings is 1. The summed E-state index contributed by atoms with van der Waals surface area (Å²) in [4.78, 5) is 40.1. The lowest BCUT2D eigenvalue weighted by Crippen LogP contribution is -2.63. The molecule has 0 unspecified atom stereocenters. The minimum absolute atomic E-state index is 0.0326. The number of aromatic hydroxyl groups is 1. The molecule has 0 bridgehead atoms. The Morgan fingerprint density at radius 3 is 2.45 bits per heavy atom. The molecule has 6 N–H and O–H groups in total. The predicted octanol–water partition coefficient (Wildman–Crippen LogP) is 0.892. The summed E-state index contributed by atoms with van der Waals surface area (Å²) in [5.41, 5.74) is 1.98. The van der Waals surface area contributed by atoms with Gasteiger partial charge in [-0.3, -0.25) is 19.3 Å². The Morgan fingerprint density at radius 1 is 1.27 bits per heavy atom. The number of phenolic OH excluding ortho intramolecular Hbond substituents is 1. The number of ether oxygens (including phenoxy) is 1. The number of nitrogens with zero attached hydrogens (tertiary/aromatic N) is 1. The smallest absolute Gasteiger partial charge is 0.255 e. The molecule has 4 atom stereocenters. The first-order valence-corrected chi connectivity index (χ1v) is 10.9. The van der Waals surface area contributed by atoms with Gasteiger partial charge in [0.05, 0.1) is 18.7 Å². The van der Waals surface area contributed by atoms with Gasteiger partial charge in [-0.2, -0.15) is 0 Å². The van der Waals surface area contributed by atoms with Crippen molar-refractivity contribution >= 4 is 33.4 Å². The average molecular weight is 523 g/mol. The lowest BCUT2D eigenvalue weighted by atomic mass is 9.58. The Bertz CT molecular complexity index is 1190. The van der Waals surface area contributed by atoms with Crippen LogP contribution in [-0.2, 0) is 16.0 Å². The molecule has 10 nitrogen and oxygen atoms in total. The molecule has 1 aromatic carbocycles. The number of hydrogen-bond donors (Lipinski definition) is 5. The van der Waals surface area contributed by atoms with Crippen LogP contribution < -0.4 is 10.5 Å². The highest BCUT2D eigenvalue weighted by molar-refractivity contribution is 9.10. The molecule has 0 saturated carbocycles. The highest BCUT2D eigenvalue weighted by atomic mass is 79.9. The standard InChI is InChI=1S/C22H23BrN2O8/c1-25(2)15-9-5-7-4-8-10(23)6-11(33-3)16(26)13(8)17(27)12(7)19(29)22(9,32)20(30)14(18(15)28)21(24)31/h6-7,9,15,26,28-29,32H,4-5H2,1-3H3,(H2,24,31)/t7-,9-,15-,22-/m0/s1. The van der Waals surface area contributed by atoms with Crippen LogP contribution in [0.3, 0.4) is 0 Å². The zero-order valence-corrected chi connectivity index (χ0v) is 19.6. The lowest BCUT2D eigenvalue weighted by molar-refractivity contribution is -0.148. The Hall–Kier alpha value is -2.89. The van der Waals surface area contributed by atoms with Gasteiger partial charge in [-0.1, -0.05) is 15.9 Å². The number of primary amides is 1. The van der Waals surface area contributed by atoms with E-state index in [4.69, 9.17) is 10.5 Å². The van der Waals surface area contributed by atoms with Crippen LogP contribution in [0.25, 0.3) is 0 Å². The number of nitrogens with two attached hydrogens (primary N) is 1. The first-order valence-electron chi connectivity index (χ1n) is 10.1. The van der Waals surface area contributed by atoms with Crippen LogP contribution in [-0.4, -0.2) is 75.6 Å². The number of phenols is 1. The number of likely N-dealkylation sites (N-methyl/N-ethyl adjacent to an activating group) is 1. The minimum atomic E-state index is -2.66. The van der Waals surface area contributed by atoms with Gasteiger partial charge < -0.3 is 30.9 Å². The molecule has 0 aliphatic heterocycles. The summed E-state index contributed by atoms with van der Waals surface area (Å²) in [6, 6.07) is 0.499. The van der Waals surface area contributed by atoms with E-state index in [-0.39, 0.29) is 29.7 Å². The van der Waals surface area contributed by atoms with E-state index in [1.54, 1.807) is 14.1 Å². The number of aliphatic hydroxyl groups excluding tert-OH is 2. The Morgan fingerprint density at radius 2 is 1.91 bits per heavy atom. The number of carbonyl (C=O) groups is 3. The van der Waals surface area contributed by atoms with E-state index in [1.807, 2.05) is 0 Å². The van der Waals surface area contributed by atoms with Gasteiger partial charge in [0, 0.05) is 16.0 Å². The summed E-state index contributed by atoms with van der Waals surface area (Å²) < 4.78 is 5.63. The molecule has 3 aliphatic carbocycles. The van der Waals surface area contributed by atoms with Crippen LogP contribution in [0.2, 0.25) is 0 Å². The third-order valence-corrected chi connectivity index (χ3v) is 7.56. The van der Waals surface area contributed by atoms with Crippen LogP contribution in [0.1, 0.15) is 22.3 Å². The highest BCUT2D eigenvalue weighted by Gasteiger charge is 2.63. The van der Waals surface area contributed by atoms with Gasteiger partial charge >= 0.3 is 0 Å². The molecule has 0 fully saturated rings. The molecule has 176 valence electrons. The van der Waals surface area contributed by atoms with Crippen molar-refractivity contribution in [3.8, 4) is 11.5 Å². The van der Waals surface area contributed by atoms with Crippen LogP contribution in [0.5, 0.6) is 11.5 Å². The second-order valence-corrected chi connectivity index (χ2v) is 9.58. The van der Waals surface area contributed by atoms with Crippen LogP contribution >= 0.6 is 15.9 Å². The number of carbonyl (C=O) groups excluding carboxylic acids is 3. The fourth-order valence-electron chi connectivity index (χ4n) is 5.41. The lowest BCUT2D eigenvalue weighted by Gasteiger charge is -2.50. The van der Waals surface area contributed by atoms with Gasteiger partial charge in [0.15, 0.2) is 22.9 Å². The van der Waals surface area contributed by atoms with Crippen molar-refractivity contribution < 1.29 is 39.5 Å². The zero-order valence-electron chi connectivity index (χ0n) is 18.0. The predicted molar refractivity (Wildman–Crippen MR) is 118 cm³/mol. The SMILES string of the molecule is COc1cc(Br)c2c(c1O)C(=O)C1=C(O)[C@]3(O)C(=O)C(C(N)=O)=C(O)[C@@H](N(C)C)[C@@H]3C[C@@H]1C2. The van der Waals surface area contributed by atoms with Gasteiger partial charge in [0.1, 0.15) is 17.1 Å². The van der Waals surface area contributed by atoms with Crippen molar-refractivity contribution in [2.75, 3.05) is 21.2 Å². The monoisotopic (exact) mass is 522 g/mol. The first kappa shape index (κ1) is 23.3. The summed E-state index contributed by atoms with van der Waals surface area (Å²) in [5, 5.41) is 44.0. The van der Waals surface area contributed by atoms with Crippen molar-refractivity contribution in [2.45, 2.75) is 24.5 Å². The zero-order chi connectivity index (χ0) is 24.6. The van der Waals surface area contributed by atoms with Crippen LogP contribution in [0.4, 0.5) is 0 Å². The van der Waals surface area contributed by atoms with E-state index >= 15 is 0 Å². The molecule has 0 aromatic heterocycles. The molecular formula is C22H23BrN2O8. The van der Waals surface area contributed by atoms with Gasteiger partial charge in [0.25, 0.3) is 5.91 Å². The minimum Gasteiger partial charge on any atom is -0.510 e. The number of rotatable bonds is 3. The molecular weight excluding hydrogens is 500 g/mol. The number of halogens is 1. The van der Waals surface area contributed by atoms with Crippen LogP contribution in [0.15, 0.2) is 33.2 Å². The topological polar surface area (TPSA) is 171 Å². The average Bonchev–Trinajstić information content (AvgIpc) is 2.72. The number of hydrogen-bond acceptors (Lipinski definition) is 9. The summed E-state index contributed by atoms with van der Waals surface area (Å²) in [7, 11) is 4.48. The van der Waals surface area contributed by atoms with E-state index in [2.05, 4.69) is 15.9 Å². The molecule has 3 aliphatic rings. The Labute approximate surface area is 197 Å². The molecule has 4 rings (SSSR count). The van der Waals surface area contributed by atoms with Crippen molar-refractivity contribution in [3.05, 3.63) is 44.3 Å². The Balaban J connectivity index is 1.98. The second kappa shape index (κ2) is 7.57. The molecule has 33 heavy (non-hydrogen) atoms. The fraction of sp³-hybridized carbons (Fsp3) is 0.409. The first-order chi connectivity index (χ1) is 15.4. The largest absolute Gasteiger partial charge is 0.510 e. The van der Waals surface area contributed by atoms with E-state index in [0.717, 1.165) is 0 Å². The number of fused-ring (bicyclic) bond motifs is 3. The van der Waals surface area contributed by atoms with Crippen LogP contribution in [0, 0.1) is 11.8 Å². The quantitative estimate of drug-likeness (QED) is 0.361. The number of allylic oxidation sites excluding steroid dienone is 1. The van der Waals surface area contributed by atoms with E-state index in [9.17, 15) is 34.8 Å². The molecule has 11 heteroatoms. The molecule has 1 amide bonds. The van der Waals surface area contributed by atoms with Crippen molar-refractivity contribution in [1.82, 2.24) is 4.90 Å². The highest BCUT2D eigenvalue weighted by Crippen LogP contribution is 2.53. The molecule has 1 aromatic rings. The normalized spacial score (nSPS) is 29.1. The van der Waals surface area contributed by atoms with E-state index in [1.165, 1.54) is 18.1 Å². The third kappa shape index (κ3) is 2.95. The summed E-state index contributed by atoms with van der Waals surface area (Å²) in [6.07, 6.45) is 0.234. The third-order valence-electron chi connectivity index (χ3n) is 6.85. The number of amides is 1. The maximum Gasteiger partial charge on any atom is 0.255 e. The summed E-state index contributed by atoms with van der Waals surface area (Å²) in [5.74, 6) is -6.88. The molecule has 0 heterocycles. The number of Topliss-reactive ketones (excluding diaryl/α,β-unsaturated/α-hetero) is 2.